The van der Waals surface area contributed by atoms with Crippen LogP contribution in [0.5, 0.6) is 0 Å². The molecule has 4 rings (SSSR count). The van der Waals surface area contributed by atoms with E-state index < -0.39 is 22.3 Å². The smallest absolute Gasteiger partial charge is 0.297 e. The fraction of sp³-hybridized carbons (Fsp3) is 0.250. The second kappa shape index (κ2) is 14.7. The Morgan fingerprint density at radius 2 is 1.00 bits per heavy atom. The third kappa shape index (κ3) is 9.13. The first-order chi connectivity index (χ1) is 19.0. The fourth-order valence-electron chi connectivity index (χ4n) is 4.00. The summed E-state index contributed by atoms with van der Waals surface area (Å²) < 4.78 is 50.3. The van der Waals surface area contributed by atoms with Crippen molar-refractivity contribution in [3.8, 4) is 0 Å². The van der Waals surface area contributed by atoms with Gasteiger partial charge in [-0.2, -0.15) is 8.42 Å². The van der Waals surface area contributed by atoms with Crippen LogP contribution in [-0.4, -0.2) is 33.8 Å². The van der Waals surface area contributed by atoms with Crippen LogP contribution in [0.2, 0.25) is 0 Å². The second-order valence-electron chi connectivity index (χ2n) is 9.17. The van der Waals surface area contributed by atoms with Crippen molar-refractivity contribution in [2.75, 3.05) is 13.2 Å². The highest BCUT2D eigenvalue weighted by Crippen LogP contribution is 2.20. The molecule has 0 N–H and O–H groups in total. The van der Waals surface area contributed by atoms with Gasteiger partial charge >= 0.3 is 0 Å². The maximum Gasteiger partial charge on any atom is 0.297 e. The lowest BCUT2D eigenvalue weighted by Crippen LogP contribution is -2.39. The Morgan fingerprint density at radius 1 is 0.564 bits per heavy atom. The molecule has 0 saturated carbocycles. The topological polar surface area (TPSA) is 71.1 Å². The molecule has 0 aliphatic rings. The molecule has 0 amide bonds. The van der Waals surface area contributed by atoms with Gasteiger partial charge in [0.1, 0.15) is 12.2 Å². The molecule has 0 aliphatic carbocycles. The van der Waals surface area contributed by atoms with Gasteiger partial charge in [-0.25, -0.2) is 0 Å². The van der Waals surface area contributed by atoms with Crippen LogP contribution in [0.15, 0.2) is 120 Å². The third-order valence-corrected chi connectivity index (χ3v) is 7.62. The molecule has 0 fully saturated rings. The monoisotopic (exact) mass is 546 g/mol. The molecule has 0 unspecified atom stereocenters. The molecule has 0 bridgehead atoms. The molecule has 204 valence electrons. The van der Waals surface area contributed by atoms with Gasteiger partial charge in [0.25, 0.3) is 10.1 Å². The van der Waals surface area contributed by atoms with E-state index in [1.807, 2.05) is 91.0 Å². The van der Waals surface area contributed by atoms with Crippen molar-refractivity contribution in [1.29, 1.82) is 0 Å². The zero-order valence-electron chi connectivity index (χ0n) is 22.0. The number of aryl methyl sites for hydroxylation is 1. The fourth-order valence-corrected chi connectivity index (χ4v) is 5.15. The molecule has 39 heavy (non-hydrogen) atoms. The Morgan fingerprint density at radius 3 is 1.51 bits per heavy atom. The average molecular weight is 547 g/mol. The summed E-state index contributed by atoms with van der Waals surface area (Å²) in [6, 6.07) is 36.1. The minimum atomic E-state index is -4.01. The van der Waals surface area contributed by atoms with Crippen molar-refractivity contribution in [2.45, 2.75) is 43.8 Å². The lowest BCUT2D eigenvalue weighted by Gasteiger charge is -2.27. The standard InChI is InChI=1S/C32H34O6S/c1-26-13-11-12-20-32(26)39(33,34)38-25-31(37-23-29-18-9-4-10-19-29)30(36-22-28-16-7-3-8-17-28)24-35-21-27-14-5-2-6-15-27/h2-20,30-31H,21-25H2,1H3/t30-,31-/m0/s1. The van der Waals surface area contributed by atoms with Gasteiger partial charge in [0.15, 0.2) is 0 Å². The Balaban J connectivity index is 1.52. The summed E-state index contributed by atoms with van der Waals surface area (Å²) in [7, 11) is -4.01. The van der Waals surface area contributed by atoms with E-state index in [2.05, 4.69) is 0 Å². The van der Waals surface area contributed by atoms with E-state index in [1.54, 1.807) is 25.1 Å². The van der Waals surface area contributed by atoms with E-state index in [4.69, 9.17) is 18.4 Å². The van der Waals surface area contributed by atoms with Crippen molar-refractivity contribution in [3.63, 3.8) is 0 Å². The number of rotatable bonds is 15. The molecule has 2 atom stereocenters. The Kier molecular flexibility index (Phi) is 10.8. The highest BCUT2D eigenvalue weighted by molar-refractivity contribution is 7.86. The first-order valence-electron chi connectivity index (χ1n) is 12.9. The van der Waals surface area contributed by atoms with Gasteiger partial charge in [-0.05, 0) is 35.2 Å². The molecule has 0 spiro atoms. The van der Waals surface area contributed by atoms with Crippen LogP contribution in [0.4, 0.5) is 0 Å². The highest BCUT2D eigenvalue weighted by Gasteiger charge is 2.28. The van der Waals surface area contributed by atoms with Gasteiger partial charge in [-0.15, -0.1) is 0 Å². The summed E-state index contributed by atoms with van der Waals surface area (Å²) >= 11 is 0. The maximum absolute atomic E-state index is 13.1. The van der Waals surface area contributed by atoms with E-state index in [-0.39, 0.29) is 24.7 Å². The van der Waals surface area contributed by atoms with Gasteiger partial charge < -0.3 is 14.2 Å². The third-order valence-electron chi connectivity index (χ3n) is 6.17. The predicted octanol–water partition coefficient (Wildman–Crippen LogP) is 6.09. The van der Waals surface area contributed by atoms with Crippen LogP contribution in [0.1, 0.15) is 22.3 Å². The molecule has 0 aliphatic heterocycles. The van der Waals surface area contributed by atoms with Crippen molar-refractivity contribution in [3.05, 3.63) is 138 Å². The van der Waals surface area contributed by atoms with Crippen LogP contribution in [0.25, 0.3) is 0 Å². The minimum absolute atomic E-state index is 0.133. The lowest BCUT2D eigenvalue weighted by atomic mass is 10.2. The Bertz CT molecular complexity index is 1360. The minimum Gasteiger partial charge on any atom is -0.374 e. The van der Waals surface area contributed by atoms with Crippen LogP contribution in [-0.2, 0) is 48.3 Å². The molecule has 0 aromatic heterocycles. The van der Waals surface area contributed by atoms with Gasteiger partial charge in [0, 0.05) is 0 Å². The largest absolute Gasteiger partial charge is 0.374 e. The maximum atomic E-state index is 13.1. The molecule has 0 heterocycles. The van der Waals surface area contributed by atoms with E-state index in [9.17, 15) is 8.42 Å². The van der Waals surface area contributed by atoms with Crippen molar-refractivity contribution >= 4 is 10.1 Å². The summed E-state index contributed by atoms with van der Waals surface area (Å²) in [6.45, 7) is 2.67. The summed E-state index contributed by atoms with van der Waals surface area (Å²) in [4.78, 5) is 0.133. The Labute approximate surface area is 231 Å². The van der Waals surface area contributed by atoms with Crippen LogP contribution in [0.3, 0.4) is 0 Å². The van der Waals surface area contributed by atoms with E-state index in [0.717, 1.165) is 16.7 Å². The quantitative estimate of drug-likeness (QED) is 0.168. The van der Waals surface area contributed by atoms with Crippen LogP contribution in [0, 0.1) is 6.92 Å². The van der Waals surface area contributed by atoms with Crippen LogP contribution < -0.4 is 0 Å². The molecular weight excluding hydrogens is 512 g/mol. The summed E-state index contributed by atoms with van der Waals surface area (Å²) in [5.74, 6) is 0. The van der Waals surface area contributed by atoms with Gasteiger partial charge in [0.05, 0.1) is 37.9 Å². The van der Waals surface area contributed by atoms with E-state index in [1.165, 1.54) is 6.07 Å². The lowest BCUT2D eigenvalue weighted by molar-refractivity contribution is -0.127. The van der Waals surface area contributed by atoms with Crippen molar-refractivity contribution in [2.24, 2.45) is 0 Å². The average Bonchev–Trinajstić information content (AvgIpc) is 2.97. The molecular formula is C32H34O6S. The highest BCUT2D eigenvalue weighted by atomic mass is 32.2. The Hall–Kier alpha value is -3.33. The first-order valence-corrected chi connectivity index (χ1v) is 14.3. The summed E-state index contributed by atoms with van der Waals surface area (Å²) in [5.41, 5.74) is 3.58. The number of hydrogen-bond acceptors (Lipinski definition) is 6. The molecule has 0 saturated heterocycles. The van der Waals surface area contributed by atoms with Gasteiger partial charge in [0.2, 0.25) is 0 Å². The van der Waals surface area contributed by atoms with E-state index in [0.29, 0.717) is 18.8 Å². The summed E-state index contributed by atoms with van der Waals surface area (Å²) in [5, 5.41) is 0. The molecule has 4 aromatic carbocycles. The predicted molar refractivity (Wildman–Crippen MR) is 150 cm³/mol. The van der Waals surface area contributed by atoms with Crippen molar-refractivity contribution < 1.29 is 26.8 Å². The van der Waals surface area contributed by atoms with E-state index >= 15 is 0 Å². The molecule has 0 radical (unpaired) electrons. The zero-order chi connectivity index (χ0) is 27.3. The van der Waals surface area contributed by atoms with Crippen molar-refractivity contribution in [1.82, 2.24) is 0 Å². The zero-order valence-corrected chi connectivity index (χ0v) is 22.8. The summed E-state index contributed by atoms with van der Waals surface area (Å²) in [6.07, 6.45) is -1.31. The first kappa shape index (κ1) is 28.7. The van der Waals surface area contributed by atoms with Crippen LogP contribution >= 0.6 is 0 Å². The van der Waals surface area contributed by atoms with Gasteiger partial charge in [-0.3, -0.25) is 4.18 Å². The molecule has 4 aromatic rings. The normalized spacial score (nSPS) is 13.2. The molecule has 6 nitrogen and oxygen atoms in total. The second-order valence-corrected chi connectivity index (χ2v) is 10.8. The number of hydrogen-bond donors (Lipinski definition) is 0. The molecule has 7 heteroatoms. The number of ether oxygens (including phenoxy) is 3. The number of benzene rings is 4. The SMILES string of the molecule is Cc1ccccc1S(=O)(=O)OC[C@H](OCc1ccccc1)[C@H](COCc1ccccc1)OCc1ccccc1. The van der Waals surface area contributed by atoms with Gasteiger partial charge in [-0.1, -0.05) is 109 Å².